The van der Waals surface area contributed by atoms with Crippen molar-refractivity contribution in [2.24, 2.45) is 0 Å². The van der Waals surface area contributed by atoms with E-state index in [0.29, 0.717) is 11.5 Å². The highest BCUT2D eigenvalue weighted by atomic mass is 32.1. The number of rotatable bonds is 10. The van der Waals surface area contributed by atoms with Crippen molar-refractivity contribution < 1.29 is 4.79 Å². The van der Waals surface area contributed by atoms with E-state index in [9.17, 15) is 4.79 Å². The number of nitrogens with one attached hydrogen (secondary N) is 2. The van der Waals surface area contributed by atoms with Crippen LogP contribution in [-0.2, 0) is 4.79 Å². The van der Waals surface area contributed by atoms with Gasteiger partial charge < -0.3 is 15.5 Å². The maximum Gasteiger partial charge on any atom is 0.224 e. The van der Waals surface area contributed by atoms with E-state index in [0.717, 1.165) is 37.3 Å². The molecule has 1 aromatic rings. The Balaban J connectivity index is 2.47. The number of amides is 1. The van der Waals surface area contributed by atoms with Gasteiger partial charge in [0.1, 0.15) is 0 Å². The molecule has 134 valence electrons. The van der Waals surface area contributed by atoms with Gasteiger partial charge in [-0.25, -0.2) is 0 Å². The lowest BCUT2D eigenvalue weighted by atomic mass is 10.1. The fraction of sp³-hybridized carbons (Fsp3) is 0.579. The summed E-state index contributed by atoms with van der Waals surface area (Å²) in [5.41, 5.74) is 1.70. The van der Waals surface area contributed by atoms with Crippen LogP contribution in [0, 0.1) is 0 Å². The minimum Gasteiger partial charge on any atom is -0.350 e. The minimum atomic E-state index is 0.0787. The zero-order chi connectivity index (χ0) is 17.8. The highest BCUT2D eigenvalue weighted by molar-refractivity contribution is 7.80. The highest BCUT2D eigenvalue weighted by Crippen LogP contribution is 2.16. The molecule has 0 atom stereocenters. The summed E-state index contributed by atoms with van der Waals surface area (Å²) >= 11 is 5.41. The molecule has 2 N–H and O–H groups in total. The first-order valence-electron chi connectivity index (χ1n) is 9.06. The van der Waals surface area contributed by atoms with Crippen molar-refractivity contribution in [3.05, 3.63) is 24.3 Å². The van der Waals surface area contributed by atoms with Crippen molar-refractivity contribution >= 4 is 34.6 Å². The van der Waals surface area contributed by atoms with Crippen LogP contribution in [0.2, 0.25) is 0 Å². The third-order valence-corrected chi connectivity index (χ3v) is 4.32. The topological polar surface area (TPSA) is 44.4 Å². The summed E-state index contributed by atoms with van der Waals surface area (Å²) < 4.78 is 0. The Labute approximate surface area is 152 Å². The normalized spacial score (nSPS) is 10.3. The molecule has 0 aliphatic heterocycles. The Hall–Kier alpha value is -1.62. The SMILES string of the molecule is CCCCCCCC(=O)Nc1cccc(NC(=S)N(CC)CC)c1. The molecule has 4 nitrogen and oxygen atoms in total. The van der Waals surface area contributed by atoms with Gasteiger partial charge in [0.15, 0.2) is 5.11 Å². The lowest BCUT2D eigenvalue weighted by Crippen LogP contribution is -2.34. The summed E-state index contributed by atoms with van der Waals surface area (Å²) in [6.45, 7) is 8.09. The van der Waals surface area contributed by atoms with Gasteiger partial charge in [0, 0.05) is 30.9 Å². The zero-order valence-corrected chi connectivity index (χ0v) is 16.0. The first-order chi connectivity index (χ1) is 11.6. The van der Waals surface area contributed by atoms with Gasteiger partial charge in [0.05, 0.1) is 0 Å². The third-order valence-electron chi connectivity index (χ3n) is 3.96. The molecule has 1 amide bonds. The number of benzene rings is 1. The van der Waals surface area contributed by atoms with Crippen molar-refractivity contribution in [1.29, 1.82) is 0 Å². The Morgan fingerprint density at radius 3 is 2.25 bits per heavy atom. The molecule has 0 spiro atoms. The number of thiocarbonyl (C=S) groups is 1. The smallest absolute Gasteiger partial charge is 0.224 e. The number of hydrogen-bond donors (Lipinski definition) is 2. The van der Waals surface area contributed by atoms with Gasteiger partial charge in [-0.1, -0.05) is 38.7 Å². The van der Waals surface area contributed by atoms with E-state index >= 15 is 0 Å². The van der Waals surface area contributed by atoms with Gasteiger partial charge in [-0.2, -0.15) is 0 Å². The average Bonchev–Trinajstić information content (AvgIpc) is 2.56. The Kier molecular flexibility index (Phi) is 10.1. The molecule has 0 unspecified atom stereocenters. The molecule has 0 aliphatic carbocycles. The number of carbonyl (C=O) groups excluding carboxylic acids is 1. The van der Waals surface area contributed by atoms with Gasteiger partial charge in [0.2, 0.25) is 5.91 Å². The molecule has 0 aliphatic rings. The van der Waals surface area contributed by atoms with Gasteiger partial charge in [0.25, 0.3) is 0 Å². The van der Waals surface area contributed by atoms with Crippen molar-refractivity contribution in [3.8, 4) is 0 Å². The van der Waals surface area contributed by atoms with Crippen LogP contribution in [0.25, 0.3) is 0 Å². The lowest BCUT2D eigenvalue weighted by Gasteiger charge is -2.22. The molecule has 0 aromatic heterocycles. The van der Waals surface area contributed by atoms with Crippen LogP contribution >= 0.6 is 12.2 Å². The molecular formula is C19H31N3OS. The Bertz CT molecular complexity index is 515. The molecule has 0 bridgehead atoms. The van der Waals surface area contributed by atoms with Crippen LogP contribution in [0.1, 0.15) is 59.3 Å². The quantitative estimate of drug-likeness (QED) is 0.459. The number of carbonyl (C=O) groups is 1. The van der Waals surface area contributed by atoms with E-state index in [1.165, 1.54) is 19.3 Å². The van der Waals surface area contributed by atoms with Crippen LogP contribution in [-0.4, -0.2) is 29.0 Å². The summed E-state index contributed by atoms with van der Waals surface area (Å²) in [7, 11) is 0. The molecule has 1 aromatic carbocycles. The molecule has 0 heterocycles. The van der Waals surface area contributed by atoms with E-state index in [2.05, 4.69) is 36.3 Å². The predicted octanol–water partition coefficient (Wildman–Crippen LogP) is 5.02. The lowest BCUT2D eigenvalue weighted by molar-refractivity contribution is -0.116. The van der Waals surface area contributed by atoms with Crippen molar-refractivity contribution in [2.45, 2.75) is 59.3 Å². The monoisotopic (exact) mass is 349 g/mol. The Morgan fingerprint density at radius 2 is 1.62 bits per heavy atom. The second kappa shape index (κ2) is 11.8. The largest absolute Gasteiger partial charge is 0.350 e. The average molecular weight is 350 g/mol. The first kappa shape index (κ1) is 20.4. The van der Waals surface area contributed by atoms with Crippen LogP contribution in [0.5, 0.6) is 0 Å². The van der Waals surface area contributed by atoms with Gasteiger partial charge >= 0.3 is 0 Å². The summed E-state index contributed by atoms with van der Waals surface area (Å²) in [6.07, 6.45) is 6.35. The predicted molar refractivity (Wildman–Crippen MR) is 108 cm³/mol. The van der Waals surface area contributed by atoms with Crippen LogP contribution < -0.4 is 10.6 Å². The molecule has 24 heavy (non-hydrogen) atoms. The standard InChI is InChI=1S/C19H31N3OS/c1-4-7-8-9-10-14-18(23)20-16-12-11-13-17(15-16)21-19(24)22(5-2)6-3/h11-13,15H,4-10,14H2,1-3H3,(H,20,23)(H,21,24). The second-order valence-electron chi connectivity index (χ2n) is 5.90. The van der Waals surface area contributed by atoms with Gasteiger partial charge in [-0.05, 0) is 50.7 Å². The number of anilines is 2. The van der Waals surface area contributed by atoms with Gasteiger partial charge in [-0.15, -0.1) is 0 Å². The molecule has 0 radical (unpaired) electrons. The fourth-order valence-electron chi connectivity index (χ4n) is 2.50. The minimum absolute atomic E-state index is 0.0787. The second-order valence-corrected chi connectivity index (χ2v) is 6.28. The third kappa shape index (κ3) is 7.77. The summed E-state index contributed by atoms with van der Waals surface area (Å²) in [5.74, 6) is 0.0787. The maximum absolute atomic E-state index is 12.0. The van der Waals surface area contributed by atoms with Crippen LogP contribution in [0.4, 0.5) is 11.4 Å². The molecule has 0 fully saturated rings. The van der Waals surface area contributed by atoms with E-state index < -0.39 is 0 Å². The summed E-state index contributed by atoms with van der Waals surface area (Å²) in [6, 6.07) is 7.70. The van der Waals surface area contributed by atoms with Crippen LogP contribution in [0.15, 0.2) is 24.3 Å². The summed E-state index contributed by atoms with van der Waals surface area (Å²) in [4.78, 5) is 14.1. The summed E-state index contributed by atoms with van der Waals surface area (Å²) in [5, 5.41) is 6.91. The number of nitrogens with zero attached hydrogens (tertiary/aromatic N) is 1. The van der Waals surface area contributed by atoms with Crippen molar-refractivity contribution in [2.75, 3.05) is 23.7 Å². The van der Waals surface area contributed by atoms with E-state index in [1.807, 2.05) is 24.3 Å². The molecule has 0 saturated heterocycles. The van der Waals surface area contributed by atoms with E-state index in [1.54, 1.807) is 0 Å². The molecule has 5 heteroatoms. The van der Waals surface area contributed by atoms with Crippen molar-refractivity contribution in [1.82, 2.24) is 4.90 Å². The molecular weight excluding hydrogens is 318 g/mol. The molecule has 0 saturated carbocycles. The highest BCUT2D eigenvalue weighted by Gasteiger charge is 2.07. The number of hydrogen-bond acceptors (Lipinski definition) is 2. The first-order valence-corrected chi connectivity index (χ1v) is 9.47. The fourth-order valence-corrected chi connectivity index (χ4v) is 2.88. The van der Waals surface area contributed by atoms with Crippen molar-refractivity contribution in [3.63, 3.8) is 0 Å². The maximum atomic E-state index is 12.0. The molecule has 1 rings (SSSR count). The number of unbranched alkanes of at least 4 members (excludes halogenated alkanes) is 4. The zero-order valence-electron chi connectivity index (χ0n) is 15.2. The van der Waals surface area contributed by atoms with E-state index in [-0.39, 0.29) is 5.91 Å². The van der Waals surface area contributed by atoms with Gasteiger partial charge in [-0.3, -0.25) is 4.79 Å². The Morgan fingerprint density at radius 1 is 1.00 bits per heavy atom. The van der Waals surface area contributed by atoms with E-state index in [4.69, 9.17) is 12.2 Å². The van der Waals surface area contributed by atoms with Crippen LogP contribution in [0.3, 0.4) is 0 Å².